The molecule has 4 rings (SSSR count). The minimum atomic E-state index is 0.538. The number of oxazole rings is 1. The Labute approximate surface area is 147 Å². The number of nitrogens with zero attached hydrogens (tertiary/aromatic N) is 6. The topological polar surface area (TPSA) is 72.9 Å². The predicted octanol–water partition coefficient (Wildman–Crippen LogP) is 2.99. The second-order valence-corrected chi connectivity index (χ2v) is 6.78. The molecule has 1 aliphatic rings. The van der Waals surface area contributed by atoms with Gasteiger partial charge in [-0.1, -0.05) is 6.92 Å². The molecule has 1 aliphatic heterocycles. The van der Waals surface area contributed by atoms with Crippen LogP contribution in [0.3, 0.4) is 0 Å². The van der Waals surface area contributed by atoms with Crippen molar-refractivity contribution in [1.82, 2.24) is 24.7 Å². The molecule has 4 heterocycles. The first-order valence-electron chi connectivity index (χ1n) is 9.09. The van der Waals surface area contributed by atoms with Crippen molar-refractivity contribution in [2.24, 2.45) is 5.92 Å². The van der Waals surface area contributed by atoms with Gasteiger partial charge in [-0.15, -0.1) is 0 Å². The fraction of sp³-hybridized carbons (Fsp3) is 0.556. The number of pyridine rings is 1. The molecule has 132 valence electrons. The number of rotatable bonds is 5. The highest BCUT2D eigenvalue weighted by atomic mass is 16.4. The van der Waals surface area contributed by atoms with Crippen molar-refractivity contribution in [2.75, 3.05) is 18.0 Å². The Morgan fingerprint density at radius 1 is 1.32 bits per heavy atom. The lowest BCUT2D eigenvalue weighted by Gasteiger charge is -2.31. The van der Waals surface area contributed by atoms with Crippen molar-refractivity contribution in [3.05, 3.63) is 30.0 Å². The quantitative estimate of drug-likeness (QED) is 0.711. The van der Waals surface area contributed by atoms with Gasteiger partial charge in [0.05, 0.1) is 0 Å². The van der Waals surface area contributed by atoms with Crippen LogP contribution in [0.15, 0.2) is 22.7 Å². The SMILES string of the molecule is CCCn1nc(C)nc1CC1CCCN(c2nc3ncccc3o2)C1. The van der Waals surface area contributed by atoms with Gasteiger partial charge in [-0.05, 0) is 44.2 Å². The minimum absolute atomic E-state index is 0.538. The molecule has 1 saturated heterocycles. The van der Waals surface area contributed by atoms with Gasteiger partial charge in [-0.2, -0.15) is 10.1 Å². The molecule has 0 radical (unpaired) electrons. The van der Waals surface area contributed by atoms with E-state index >= 15 is 0 Å². The highest BCUT2D eigenvalue weighted by molar-refractivity contribution is 5.69. The van der Waals surface area contributed by atoms with E-state index in [-0.39, 0.29) is 0 Å². The number of piperidine rings is 1. The first-order valence-corrected chi connectivity index (χ1v) is 9.09. The van der Waals surface area contributed by atoms with E-state index < -0.39 is 0 Å². The van der Waals surface area contributed by atoms with Crippen LogP contribution < -0.4 is 4.90 Å². The number of anilines is 1. The molecule has 0 spiro atoms. The van der Waals surface area contributed by atoms with Gasteiger partial charge in [0, 0.05) is 32.3 Å². The summed E-state index contributed by atoms with van der Waals surface area (Å²) in [6.45, 7) is 6.98. The molecule has 3 aromatic heterocycles. The third kappa shape index (κ3) is 3.36. The number of fused-ring (bicyclic) bond motifs is 1. The molecule has 0 N–H and O–H groups in total. The number of hydrogen-bond donors (Lipinski definition) is 0. The van der Waals surface area contributed by atoms with E-state index in [9.17, 15) is 0 Å². The lowest BCUT2D eigenvalue weighted by molar-refractivity contribution is 0.380. The molecule has 1 fully saturated rings. The average Bonchev–Trinajstić information content (AvgIpc) is 3.19. The highest BCUT2D eigenvalue weighted by Crippen LogP contribution is 2.27. The van der Waals surface area contributed by atoms with Crippen LogP contribution in [0.4, 0.5) is 6.01 Å². The molecule has 3 aromatic rings. The Hall–Kier alpha value is -2.44. The predicted molar refractivity (Wildman–Crippen MR) is 95.5 cm³/mol. The van der Waals surface area contributed by atoms with Crippen LogP contribution in [0.1, 0.15) is 37.8 Å². The van der Waals surface area contributed by atoms with Gasteiger partial charge in [-0.25, -0.2) is 14.6 Å². The summed E-state index contributed by atoms with van der Waals surface area (Å²) in [6, 6.07) is 4.47. The van der Waals surface area contributed by atoms with E-state index in [0.717, 1.165) is 56.1 Å². The monoisotopic (exact) mass is 340 g/mol. The Morgan fingerprint density at radius 3 is 3.08 bits per heavy atom. The summed E-state index contributed by atoms with van der Waals surface area (Å²) in [7, 11) is 0. The standard InChI is InChI=1S/C18H24N6O/c1-3-9-24-16(20-13(2)22-24)11-14-6-5-10-23(12-14)18-21-17-15(25-18)7-4-8-19-17/h4,7-8,14H,3,5-6,9-12H2,1-2H3. The van der Waals surface area contributed by atoms with Crippen molar-refractivity contribution >= 4 is 17.2 Å². The van der Waals surface area contributed by atoms with Crippen LogP contribution in [0.5, 0.6) is 0 Å². The number of aryl methyl sites for hydroxylation is 2. The van der Waals surface area contributed by atoms with Gasteiger partial charge >= 0.3 is 0 Å². The molecule has 0 aliphatic carbocycles. The summed E-state index contributed by atoms with van der Waals surface area (Å²) < 4.78 is 7.96. The second-order valence-electron chi connectivity index (χ2n) is 6.78. The van der Waals surface area contributed by atoms with Gasteiger partial charge in [0.25, 0.3) is 6.01 Å². The van der Waals surface area contributed by atoms with Crippen molar-refractivity contribution in [1.29, 1.82) is 0 Å². The lowest BCUT2D eigenvalue weighted by atomic mass is 9.94. The molecule has 7 heteroatoms. The molecule has 0 amide bonds. The molecule has 0 bridgehead atoms. The molecular weight excluding hydrogens is 316 g/mol. The van der Waals surface area contributed by atoms with Gasteiger partial charge in [0.1, 0.15) is 11.6 Å². The van der Waals surface area contributed by atoms with Gasteiger partial charge in [-0.3, -0.25) is 0 Å². The maximum absolute atomic E-state index is 5.89. The molecule has 0 aromatic carbocycles. The molecule has 1 atom stereocenters. The maximum atomic E-state index is 5.89. The lowest BCUT2D eigenvalue weighted by Crippen LogP contribution is -2.36. The molecule has 0 saturated carbocycles. The Bertz CT molecular complexity index is 821. The van der Waals surface area contributed by atoms with Crippen LogP contribution in [-0.2, 0) is 13.0 Å². The van der Waals surface area contributed by atoms with Gasteiger partial charge in [0.15, 0.2) is 5.58 Å². The van der Waals surface area contributed by atoms with Crippen molar-refractivity contribution < 1.29 is 4.42 Å². The first kappa shape index (κ1) is 16.1. The minimum Gasteiger partial charge on any atom is -0.422 e. The summed E-state index contributed by atoms with van der Waals surface area (Å²) in [5.74, 6) is 2.50. The summed E-state index contributed by atoms with van der Waals surface area (Å²) in [6.07, 6.45) is 6.11. The number of hydrogen-bond acceptors (Lipinski definition) is 6. The fourth-order valence-electron chi connectivity index (χ4n) is 3.60. The highest BCUT2D eigenvalue weighted by Gasteiger charge is 2.25. The largest absolute Gasteiger partial charge is 0.422 e. The Kier molecular flexibility index (Phi) is 4.38. The summed E-state index contributed by atoms with van der Waals surface area (Å²) in [5.41, 5.74) is 1.43. The van der Waals surface area contributed by atoms with Crippen LogP contribution >= 0.6 is 0 Å². The van der Waals surface area contributed by atoms with E-state index in [0.29, 0.717) is 17.6 Å². The van der Waals surface area contributed by atoms with E-state index in [1.807, 2.05) is 19.1 Å². The van der Waals surface area contributed by atoms with Crippen molar-refractivity contribution in [3.8, 4) is 0 Å². The van der Waals surface area contributed by atoms with Crippen molar-refractivity contribution in [3.63, 3.8) is 0 Å². The zero-order chi connectivity index (χ0) is 17.2. The Morgan fingerprint density at radius 2 is 2.24 bits per heavy atom. The second kappa shape index (κ2) is 6.82. The zero-order valence-corrected chi connectivity index (χ0v) is 14.9. The number of aromatic nitrogens is 5. The zero-order valence-electron chi connectivity index (χ0n) is 14.9. The molecule has 25 heavy (non-hydrogen) atoms. The smallest absolute Gasteiger partial charge is 0.299 e. The van der Waals surface area contributed by atoms with Crippen LogP contribution in [0, 0.1) is 12.8 Å². The Balaban J connectivity index is 1.49. The van der Waals surface area contributed by atoms with E-state index in [4.69, 9.17) is 4.42 Å². The third-order valence-electron chi connectivity index (χ3n) is 4.70. The fourth-order valence-corrected chi connectivity index (χ4v) is 3.60. The van der Waals surface area contributed by atoms with Gasteiger partial charge in [0.2, 0.25) is 5.65 Å². The van der Waals surface area contributed by atoms with Crippen molar-refractivity contribution in [2.45, 2.75) is 46.1 Å². The normalized spacial score (nSPS) is 18.2. The summed E-state index contributed by atoms with van der Waals surface area (Å²) in [4.78, 5) is 15.7. The molecular formula is C18H24N6O. The first-order chi connectivity index (χ1) is 12.2. The van der Waals surface area contributed by atoms with Crippen LogP contribution in [0.2, 0.25) is 0 Å². The van der Waals surface area contributed by atoms with E-state index in [1.165, 1.54) is 6.42 Å². The summed E-state index contributed by atoms with van der Waals surface area (Å²) in [5, 5.41) is 4.52. The van der Waals surface area contributed by atoms with Crippen LogP contribution in [-0.4, -0.2) is 37.8 Å². The summed E-state index contributed by atoms with van der Waals surface area (Å²) >= 11 is 0. The van der Waals surface area contributed by atoms with Gasteiger partial charge < -0.3 is 9.32 Å². The van der Waals surface area contributed by atoms with E-state index in [2.05, 4.69) is 36.6 Å². The molecule has 7 nitrogen and oxygen atoms in total. The maximum Gasteiger partial charge on any atom is 0.299 e. The molecule has 1 unspecified atom stereocenters. The third-order valence-corrected chi connectivity index (χ3v) is 4.70. The van der Waals surface area contributed by atoms with E-state index in [1.54, 1.807) is 6.20 Å². The van der Waals surface area contributed by atoms with Crippen LogP contribution in [0.25, 0.3) is 11.2 Å². The average molecular weight is 340 g/mol.